The van der Waals surface area contributed by atoms with E-state index in [9.17, 15) is 14.4 Å². The third-order valence-corrected chi connectivity index (χ3v) is 5.35. The quantitative estimate of drug-likeness (QED) is 0.624. The van der Waals surface area contributed by atoms with Gasteiger partial charge in [0, 0.05) is 36.6 Å². The molecule has 0 saturated carbocycles. The number of aromatic nitrogens is 2. The summed E-state index contributed by atoms with van der Waals surface area (Å²) in [4.78, 5) is 39.8. The molecule has 0 aliphatic heterocycles. The molecule has 1 N–H and O–H groups in total. The van der Waals surface area contributed by atoms with Gasteiger partial charge in [0.25, 0.3) is 16.7 Å². The van der Waals surface area contributed by atoms with Crippen LogP contribution in [0, 0.1) is 5.92 Å². The monoisotopic (exact) mass is 424 g/mol. The highest BCUT2D eigenvalue weighted by molar-refractivity contribution is 8.13. The van der Waals surface area contributed by atoms with E-state index in [0.29, 0.717) is 23.0 Å². The summed E-state index contributed by atoms with van der Waals surface area (Å²) in [6, 6.07) is 14.0. The Morgan fingerprint density at radius 2 is 1.70 bits per heavy atom. The van der Waals surface area contributed by atoms with E-state index in [4.69, 9.17) is 0 Å². The van der Waals surface area contributed by atoms with Gasteiger partial charge in [-0.2, -0.15) is 5.10 Å². The maximum Gasteiger partial charge on any atom is 0.285 e. The van der Waals surface area contributed by atoms with Crippen molar-refractivity contribution in [1.82, 2.24) is 14.7 Å². The van der Waals surface area contributed by atoms with Crippen LogP contribution >= 0.6 is 11.8 Å². The number of amides is 2. The van der Waals surface area contributed by atoms with E-state index in [1.54, 1.807) is 62.6 Å². The Hall–Kier alpha value is -3.13. The molecule has 0 aliphatic carbocycles. The van der Waals surface area contributed by atoms with Gasteiger partial charge in [0.2, 0.25) is 0 Å². The van der Waals surface area contributed by atoms with Gasteiger partial charge in [-0.25, -0.2) is 4.68 Å². The smallest absolute Gasteiger partial charge is 0.285 e. The highest BCUT2D eigenvalue weighted by atomic mass is 32.2. The lowest BCUT2D eigenvalue weighted by Gasteiger charge is -2.13. The molecule has 30 heavy (non-hydrogen) atoms. The van der Waals surface area contributed by atoms with Crippen LogP contribution < -0.4 is 10.9 Å². The molecule has 0 saturated heterocycles. The molecule has 3 rings (SSSR count). The lowest BCUT2D eigenvalue weighted by Crippen LogP contribution is -2.29. The molecule has 2 aromatic carbocycles. The van der Waals surface area contributed by atoms with Crippen LogP contribution in [-0.4, -0.2) is 39.9 Å². The van der Waals surface area contributed by atoms with Crippen LogP contribution in [0.15, 0.2) is 58.2 Å². The van der Waals surface area contributed by atoms with Crippen LogP contribution in [0.1, 0.15) is 24.3 Å². The molecule has 0 radical (unpaired) electrons. The van der Waals surface area contributed by atoms with Gasteiger partial charge in [-0.1, -0.05) is 32.0 Å². The lowest BCUT2D eigenvalue weighted by atomic mass is 10.1. The second-order valence-electron chi connectivity index (χ2n) is 7.52. The molecule has 0 aliphatic rings. The van der Waals surface area contributed by atoms with Crippen molar-refractivity contribution in [3.63, 3.8) is 0 Å². The van der Waals surface area contributed by atoms with Crippen molar-refractivity contribution in [2.45, 2.75) is 25.3 Å². The minimum atomic E-state index is -0.395. The Kier molecular flexibility index (Phi) is 6.56. The number of rotatable bonds is 5. The molecule has 2 amide bonds. The Morgan fingerprint density at radius 1 is 1.07 bits per heavy atom. The number of hydrogen-bond donors (Lipinski definition) is 1. The average Bonchev–Trinajstić information content (AvgIpc) is 2.71. The van der Waals surface area contributed by atoms with Crippen molar-refractivity contribution >= 4 is 39.4 Å². The van der Waals surface area contributed by atoms with Gasteiger partial charge in [-0.15, -0.1) is 0 Å². The number of hydrogen-bond acceptors (Lipinski definition) is 5. The van der Waals surface area contributed by atoms with E-state index in [0.717, 1.165) is 16.7 Å². The number of fused-ring (bicyclic) bond motifs is 1. The van der Waals surface area contributed by atoms with Crippen molar-refractivity contribution in [2.75, 3.05) is 19.4 Å². The van der Waals surface area contributed by atoms with Gasteiger partial charge in [-0.05, 0) is 48.0 Å². The van der Waals surface area contributed by atoms with Gasteiger partial charge in [0.05, 0.1) is 5.39 Å². The first kappa shape index (κ1) is 21.6. The predicted molar refractivity (Wildman–Crippen MR) is 120 cm³/mol. The van der Waals surface area contributed by atoms with Gasteiger partial charge in [0.1, 0.15) is 0 Å². The minimum Gasteiger partial charge on any atom is -0.339 e. The summed E-state index contributed by atoms with van der Waals surface area (Å²) in [6.07, 6.45) is 0. The van der Waals surface area contributed by atoms with Crippen LogP contribution in [0.4, 0.5) is 10.5 Å². The highest BCUT2D eigenvalue weighted by Crippen LogP contribution is 2.23. The van der Waals surface area contributed by atoms with Gasteiger partial charge < -0.3 is 10.2 Å². The topological polar surface area (TPSA) is 84.3 Å². The first-order valence-electron chi connectivity index (χ1n) is 9.56. The van der Waals surface area contributed by atoms with Gasteiger partial charge in [-0.3, -0.25) is 14.4 Å². The van der Waals surface area contributed by atoms with Crippen LogP contribution in [-0.2, 0) is 6.54 Å². The lowest BCUT2D eigenvalue weighted by molar-refractivity contribution is 0.102. The van der Waals surface area contributed by atoms with Gasteiger partial charge >= 0.3 is 0 Å². The Morgan fingerprint density at radius 3 is 2.30 bits per heavy atom. The van der Waals surface area contributed by atoms with E-state index in [2.05, 4.69) is 10.4 Å². The van der Waals surface area contributed by atoms with Crippen molar-refractivity contribution < 1.29 is 9.59 Å². The van der Waals surface area contributed by atoms with Crippen molar-refractivity contribution in [1.29, 1.82) is 0 Å². The number of carbonyl (C=O) groups is 2. The zero-order valence-electron chi connectivity index (χ0n) is 17.4. The van der Waals surface area contributed by atoms with Crippen LogP contribution in [0.2, 0.25) is 0 Å². The highest BCUT2D eigenvalue weighted by Gasteiger charge is 2.17. The summed E-state index contributed by atoms with van der Waals surface area (Å²) in [5.74, 6) is -0.185. The second-order valence-corrected chi connectivity index (χ2v) is 8.54. The maximum atomic E-state index is 13.0. The predicted octanol–water partition coefficient (Wildman–Crippen LogP) is 4.08. The first-order chi connectivity index (χ1) is 14.3. The van der Waals surface area contributed by atoms with Crippen molar-refractivity contribution in [2.24, 2.45) is 5.92 Å². The zero-order chi connectivity index (χ0) is 21.8. The van der Waals surface area contributed by atoms with E-state index >= 15 is 0 Å². The standard InChI is InChI=1S/C22H24N4O3S/c1-14(2)13-26-21(28)18-8-6-5-7-17(18)19(24-26)20(27)23-15-9-11-16(12-10-15)30-22(29)25(3)4/h5-12,14H,13H2,1-4H3,(H,23,27). The van der Waals surface area contributed by atoms with Gasteiger partial charge in [0.15, 0.2) is 5.69 Å². The zero-order valence-corrected chi connectivity index (χ0v) is 18.2. The minimum absolute atomic E-state index is 0.0742. The molecule has 1 aromatic heterocycles. The molecular formula is C22H24N4O3S. The number of carbonyl (C=O) groups excluding carboxylic acids is 2. The fraction of sp³-hybridized carbons (Fsp3) is 0.273. The Bertz CT molecular complexity index is 1140. The normalized spacial score (nSPS) is 11.0. The molecule has 8 heteroatoms. The first-order valence-corrected chi connectivity index (χ1v) is 10.4. The molecule has 1 heterocycles. The third-order valence-electron chi connectivity index (χ3n) is 4.30. The Labute approximate surface area is 179 Å². The maximum absolute atomic E-state index is 13.0. The largest absolute Gasteiger partial charge is 0.339 e. The van der Waals surface area contributed by atoms with Crippen LogP contribution in [0.5, 0.6) is 0 Å². The number of benzene rings is 2. The number of nitrogens with one attached hydrogen (secondary N) is 1. The van der Waals surface area contributed by atoms with Crippen molar-refractivity contribution in [3.8, 4) is 0 Å². The number of nitrogens with zero attached hydrogens (tertiary/aromatic N) is 3. The molecule has 0 bridgehead atoms. The number of anilines is 1. The third kappa shape index (κ3) is 4.88. The van der Waals surface area contributed by atoms with Crippen LogP contribution in [0.3, 0.4) is 0 Å². The summed E-state index contributed by atoms with van der Waals surface area (Å²) >= 11 is 1.11. The Balaban J connectivity index is 1.89. The molecule has 0 atom stereocenters. The molecule has 0 unspecified atom stereocenters. The fourth-order valence-electron chi connectivity index (χ4n) is 2.86. The summed E-state index contributed by atoms with van der Waals surface area (Å²) in [6.45, 7) is 4.41. The van der Waals surface area contributed by atoms with E-state index < -0.39 is 5.91 Å². The molecule has 3 aromatic rings. The number of thioether (sulfide) groups is 1. The summed E-state index contributed by atoms with van der Waals surface area (Å²) in [5, 5.41) is 8.09. The van der Waals surface area contributed by atoms with Crippen molar-refractivity contribution in [3.05, 3.63) is 64.6 Å². The molecule has 0 fully saturated rings. The van der Waals surface area contributed by atoms with E-state index in [-0.39, 0.29) is 22.4 Å². The SMILES string of the molecule is CC(C)Cn1nc(C(=O)Nc2ccc(SC(=O)N(C)C)cc2)c2ccccc2c1=O. The summed E-state index contributed by atoms with van der Waals surface area (Å²) in [7, 11) is 3.39. The average molecular weight is 425 g/mol. The summed E-state index contributed by atoms with van der Waals surface area (Å²) < 4.78 is 1.36. The molecular weight excluding hydrogens is 400 g/mol. The van der Waals surface area contributed by atoms with E-state index in [1.165, 1.54) is 9.58 Å². The van der Waals surface area contributed by atoms with Crippen LogP contribution in [0.25, 0.3) is 10.8 Å². The molecule has 7 nitrogen and oxygen atoms in total. The van der Waals surface area contributed by atoms with E-state index in [1.807, 2.05) is 13.8 Å². The second kappa shape index (κ2) is 9.13. The molecule has 0 spiro atoms. The fourth-order valence-corrected chi connectivity index (χ4v) is 3.52. The molecule has 156 valence electrons. The summed E-state index contributed by atoms with van der Waals surface area (Å²) in [5.41, 5.74) is 0.573.